The summed E-state index contributed by atoms with van der Waals surface area (Å²) in [6, 6.07) is 0. The molecular formula is C11H23NO. The molecule has 13 heavy (non-hydrogen) atoms. The third-order valence-corrected chi connectivity index (χ3v) is 1.99. The predicted molar refractivity (Wildman–Crippen MR) is 57.9 cm³/mol. The van der Waals surface area contributed by atoms with Crippen molar-refractivity contribution >= 4 is 0 Å². The fourth-order valence-corrected chi connectivity index (χ4v) is 0.979. The van der Waals surface area contributed by atoms with Crippen molar-refractivity contribution in [3.05, 3.63) is 12.7 Å². The summed E-state index contributed by atoms with van der Waals surface area (Å²) in [6.07, 6.45) is 1.95. The van der Waals surface area contributed by atoms with Crippen molar-refractivity contribution in [2.45, 2.75) is 33.2 Å². The summed E-state index contributed by atoms with van der Waals surface area (Å²) in [5.41, 5.74) is 0.181. The Bertz CT molecular complexity index is 160. The van der Waals surface area contributed by atoms with Crippen LogP contribution in [0.4, 0.5) is 0 Å². The molecule has 78 valence electrons. The molecule has 0 aromatic heterocycles. The van der Waals surface area contributed by atoms with Gasteiger partial charge in [0.15, 0.2) is 0 Å². The Kier molecular flexibility index (Phi) is 4.65. The molecule has 1 N–H and O–H groups in total. The Morgan fingerprint density at radius 1 is 1.31 bits per heavy atom. The molecular weight excluding hydrogens is 162 g/mol. The molecule has 0 aromatic rings. The topological polar surface area (TPSA) is 21.3 Å². The van der Waals surface area contributed by atoms with Gasteiger partial charge < -0.3 is 10.1 Å². The van der Waals surface area contributed by atoms with E-state index in [1.165, 1.54) is 0 Å². The number of rotatable bonds is 5. The molecule has 0 fully saturated rings. The van der Waals surface area contributed by atoms with E-state index in [1.54, 1.807) is 7.11 Å². The van der Waals surface area contributed by atoms with Gasteiger partial charge in [-0.15, -0.1) is 6.58 Å². The van der Waals surface area contributed by atoms with E-state index in [9.17, 15) is 0 Å². The number of hydrogen-bond acceptors (Lipinski definition) is 2. The highest BCUT2D eigenvalue weighted by atomic mass is 16.5. The summed E-state index contributed by atoms with van der Waals surface area (Å²) in [5.74, 6) is 0. The van der Waals surface area contributed by atoms with Gasteiger partial charge in [0.1, 0.15) is 0 Å². The van der Waals surface area contributed by atoms with Gasteiger partial charge in [0.05, 0.1) is 6.61 Å². The van der Waals surface area contributed by atoms with Crippen LogP contribution in [0, 0.1) is 5.41 Å². The molecule has 0 saturated carbocycles. The lowest BCUT2D eigenvalue weighted by molar-refractivity contribution is 0.116. The molecule has 0 aliphatic rings. The normalized spacial score (nSPS) is 16.7. The molecule has 0 bridgehead atoms. The van der Waals surface area contributed by atoms with Crippen molar-refractivity contribution in [3.8, 4) is 0 Å². The third-order valence-electron chi connectivity index (χ3n) is 1.99. The van der Waals surface area contributed by atoms with Crippen LogP contribution in [0.1, 0.15) is 27.7 Å². The zero-order chi connectivity index (χ0) is 10.5. The van der Waals surface area contributed by atoms with Crippen LogP contribution in [0.25, 0.3) is 0 Å². The van der Waals surface area contributed by atoms with Crippen LogP contribution in [0.2, 0.25) is 0 Å². The molecule has 2 nitrogen and oxygen atoms in total. The number of ether oxygens (including phenoxy) is 1. The van der Waals surface area contributed by atoms with Crippen molar-refractivity contribution in [1.29, 1.82) is 0 Å². The van der Waals surface area contributed by atoms with Crippen LogP contribution in [0.15, 0.2) is 12.7 Å². The van der Waals surface area contributed by atoms with Gasteiger partial charge in [0.25, 0.3) is 0 Å². The van der Waals surface area contributed by atoms with E-state index < -0.39 is 0 Å². The van der Waals surface area contributed by atoms with Gasteiger partial charge in [-0.2, -0.15) is 0 Å². The lowest BCUT2D eigenvalue weighted by Gasteiger charge is -2.30. The average molecular weight is 185 g/mol. The standard InChI is InChI=1S/C11H23NO/c1-7-11(5,9-13-6)8-12-10(2,3)4/h7,12H,1,8-9H2,2-6H3. The van der Waals surface area contributed by atoms with Crippen LogP contribution in [-0.4, -0.2) is 25.8 Å². The third kappa shape index (κ3) is 5.83. The highest BCUT2D eigenvalue weighted by Gasteiger charge is 2.22. The molecule has 0 spiro atoms. The SMILES string of the molecule is C=CC(C)(CNC(C)(C)C)COC. The van der Waals surface area contributed by atoms with Crippen molar-refractivity contribution in [1.82, 2.24) is 5.32 Å². The Morgan fingerprint density at radius 2 is 1.85 bits per heavy atom. The van der Waals surface area contributed by atoms with Gasteiger partial charge >= 0.3 is 0 Å². The van der Waals surface area contributed by atoms with E-state index in [1.807, 2.05) is 6.08 Å². The van der Waals surface area contributed by atoms with Gasteiger partial charge in [0, 0.05) is 24.6 Å². The van der Waals surface area contributed by atoms with Crippen molar-refractivity contribution in [2.24, 2.45) is 5.41 Å². The minimum atomic E-state index is 0.0298. The first-order valence-electron chi connectivity index (χ1n) is 4.70. The smallest absolute Gasteiger partial charge is 0.0562 e. The molecule has 0 saturated heterocycles. The molecule has 0 rings (SSSR count). The average Bonchev–Trinajstić information content (AvgIpc) is 2.01. The Labute approximate surface area is 82.4 Å². The highest BCUT2D eigenvalue weighted by molar-refractivity contribution is 4.94. The van der Waals surface area contributed by atoms with E-state index in [0.29, 0.717) is 6.61 Å². The quantitative estimate of drug-likeness (QED) is 0.663. The second-order valence-corrected chi connectivity index (χ2v) is 4.89. The summed E-state index contributed by atoms with van der Waals surface area (Å²) in [7, 11) is 1.72. The second-order valence-electron chi connectivity index (χ2n) is 4.89. The summed E-state index contributed by atoms with van der Waals surface area (Å²) < 4.78 is 5.15. The monoisotopic (exact) mass is 185 g/mol. The van der Waals surface area contributed by atoms with Gasteiger partial charge in [-0.25, -0.2) is 0 Å². The van der Waals surface area contributed by atoms with Crippen LogP contribution >= 0.6 is 0 Å². The zero-order valence-electron chi connectivity index (χ0n) is 9.61. The van der Waals surface area contributed by atoms with Crippen LogP contribution in [-0.2, 0) is 4.74 Å². The van der Waals surface area contributed by atoms with Crippen molar-refractivity contribution < 1.29 is 4.74 Å². The highest BCUT2D eigenvalue weighted by Crippen LogP contribution is 2.17. The molecule has 0 radical (unpaired) electrons. The number of nitrogens with one attached hydrogen (secondary N) is 1. The molecule has 0 amide bonds. The van der Waals surface area contributed by atoms with Gasteiger partial charge in [-0.3, -0.25) is 0 Å². The Balaban J connectivity index is 4.05. The zero-order valence-corrected chi connectivity index (χ0v) is 9.61. The minimum Gasteiger partial charge on any atom is -0.384 e. The number of methoxy groups -OCH3 is 1. The van der Waals surface area contributed by atoms with E-state index in [0.717, 1.165) is 6.54 Å². The first-order chi connectivity index (χ1) is 5.83. The first kappa shape index (κ1) is 12.7. The fourth-order valence-electron chi connectivity index (χ4n) is 0.979. The van der Waals surface area contributed by atoms with Crippen LogP contribution < -0.4 is 5.32 Å². The maximum absolute atomic E-state index is 5.15. The maximum Gasteiger partial charge on any atom is 0.0562 e. The molecule has 0 aliphatic carbocycles. The summed E-state index contributed by atoms with van der Waals surface area (Å²) >= 11 is 0. The van der Waals surface area contributed by atoms with Gasteiger partial charge in [-0.05, 0) is 20.8 Å². The van der Waals surface area contributed by atoms with E-state index in [4.69, 9.17) is 4.74 Å². The van der Waals surface area contributed by atoms with E-state index in [2.05, 4.69) is 39.6 Å². The van der Waals surface area contributed by atoms with Crippen molar-refractivity contribution in [3.63, 3.8) is 0 Å². The predicted octanol–water partition coefficient (Wildman–Crippen LogP) is 2.21. The summed E-state index contributed by atoms with van der Waals surface area (Å²) in [4.78, 5) is 0. The fraction of sp³-hybridized carbons (Fsp3) is 0.818. The second kappa shape index (κ2) is 4.77. The number of hydrogen-bond donors (Lipinski definition) is 1. The summed E-state index contributed by atoms with van der Waals surface area (Å²) in [5, 5.41) is 3.45. The van der Waals surface area contributed by atoms with Crippen LogP contribution in [0.3, 0.4) is 0 Å². The van der Waals surface area contributed by atoms with Crippen molar-refractivity contribution in [2.75, 3.05) is 20.3 Å². The minimum absolute atomic E-state index is 0.0298. The molecule has 2 heteroatoms. The lowest BCUT2D eigenvalue weighted by Crippen LogP contribution is -2.43. The molecule has 0 aromatic carbocycles. The lowest BCUT2D eigenvalue weighted by atomic mass is 9.91. The first-order valence-corrected chi connectivity index (χ1v) is 4.70. The van der Waals surface area contributed by atoms with E-state index >= 15 is 0 Å². The Hall–Kier alpha value is -0.340. The summed E-state index contributed by atoms with van der Waals surface area (Å²) in [6.45, 7) is 14.0. The van der Waals surface area contributed by atoms with Gasteiger partial charge in [-0.1, -0.05) is 13.0 Å². The molecule has 0 aliphatic heterocycles. The van der Waals surface area contributed by atoms with Crippen LogP contribution in [0.5, 0.6) is 0 Å². The molecule has 1 atom stereocenters. The largest absolute Gasteiger partial charge is 0.384 e. The van der Waals surface area contributed by atoms with Gasteiger partial charge in [0.2, 0.25) is 0 Å². The van der Waals surface area contributed by atoms with E-state index in [-0.39, 0.29) is 11.0 Å². The molecule has 0 heterocycles. The maximum atomic E-state index is 5.15. The Morgan fingerprint density at radius 3 is 2.15 bits per heavy atom. The molecule has 1 unspecified atom stereocenters.